The van der Waals surface area contributed by atoms with E-state index in [1.165, 1.54) is 38.2 Å². The van der Waals surface area contributed by atoms with Gasteiger partial charge in [-0.1, -0.05) is 43.2 Å². The number of aromatic nitrogens is 3. The smallest absolute Gasteiger partial charge is 0.191 e. The average molecular weight is 331 g/mol. The van der Waals surface area contributed by atoms with Crippen LogP contribution < -0.4 is 0 Å². The summed E-state index contributed by atoms with van der Waals surface area (Å²) in [5.74, 6) is 2.39. The minimum atomic E-state index is -0.217. The summed E-state index contributed by atoms with van der Waals surface area (Å²) < 4.78 is 16.3. The first-order chi connectivity index (χ1) is 11.3. The molecule has 1 heterocycles. The van der Waals surface area contributed by atoms with Crippen molar-refractivity contribution in [2.45, 2.75) is 56.1 Å². The number of hydrogen-bond donors (Lipinski definition) is 0. The molecule has 5 heteroatoms. The van der Waals surface area contributed by atoms with Crippen LogP contribution in [0.2, 0.25) is 0 Å². The molecule has 4 rings (SSSR count). The maximum Gasteiger partial charge on any atom is 0.191 e. The zero-order valence-corrected chi connectivity index (χ0v) is 14.1. The zero-order valence-electron chi connectivity index (χ0n) is 13.2. The zero-order chi connectivity index (χ0) is 15.6. The summed E-state index contributed by atoms with van der Waals surface area (Å²) >= 11 is 1.81. The molecule has 2 fully saturated rings. The number of rotatable bonds is 5. The normalized spacial score (nSPS) is 19.2. The minimum absolute atomic E-state index is 0.217. The van der Waals surface area contributed by atoms with E-state index in [1.54, 1.807) is 12.1 Å². The monoisotopic (exact) mass is 331 g/mol. The third-order valence-electron chi connectivity index (χ3n) is 4.86. The van der Waals surface area contributed by atoms with Gasteiger partial charge < -0.3 is 0 Å². The second-order valence-electron chi connectivity index (χ2n) is 6.70. The molecule has 0 amide bonds. The summed E-state index contributed by atoms with van der Waals surface area (Å²) in [7, 11) is 0. The Labute approximate surface area is 140 Å². The van der Waals surface area contributed by atoms with E-state index < -0.39 is 0 Å². The molecule has 1 aromatic carbocycles. The molecule has 0 saturated heterocycles. The van der Waals surface area contributed by atoms with E-state index >= 15 is 0 Å². The van der Waals surface area contributed by atoms with Gasteiger partial charge in [0.05, 0.1) is 5.56 Å². The van der Waals surface area contributed by atoms with Crippen LogP contribution in [0.5, 0.6) is 0 Å². The highest BCUT2D eigenvalue weighted by Gasteiger charge is 2.31. The third-order valence-corrected chi connectivity index (χ3v) is 6.04. The molecule has 0 aliphatic heterocycles. The third kappa shape index (κ3) is 3.30. The lowest BCUT2D eigenvalue weighted by molar-refractivity contribution is 0.390. The Balaban J connectivity index is 1.57. The molecule has 0 radical (unpaired) electrons. The Morgan fingerprint density at radius 3 is 2.57 bits per heavy atom. The maximum absolute atomic E-state index is 14.1. The summed E-state index contributed by atoms with van der Waals surface area (Å²) in [4.78, 5) is 0. The molecule has 0 spiro atoms. The predicted molar refractivity (Wildman–Crippen MR) is 91.0 cm³/mol. The van der Waals surface area contributed by atoms with Gasteiger partial charge in [0, 0.05) is 11.8 Å². The average Bonchev–Trinajstić information content (AvgIpc) is 3.34. The van der Waals surface area contributed by atoms with Crippen LogP contribution in [0, 0.1) is 11.7 Å². The largest absolute Gasteiger partial charge is 0.299 e. The van der Waals surface area contributed by atoms with Crippen molar-refractivity contribution in [3.63, 3.8) is 0 Å². The number of benzene rings is 1. The van der Waals surface area contributed by atoms with Crippen molar-refractivity contribution >= 4 is 11.8 Å². The van der Waals surface area contributed by atoms with Crippen LogP contribution in [0.3, 0.4) is 0 Å². The molecule has 23 heavy (non-hydrogen) atoms. The van der Waals surface area contributed by atoms with Crippen LogP contribution in [0.1, 0.15) is 51.0 Å². The standard InChI is InChI=1S/C18H22FN3S/c19-16-9-5-4-8-15(16)17-20-21-18(22(17)14-10-11-14)23-12-13-6-2-1-3-7-13/h4-5,8-9,13-14H,1-3,6-7,10-12H2. The van der Waals surface area contributed by atoms with Crippen molar-refractivity contribution in [1.29, 1.82) is 0 Å². The number of thioether (sulfide) groups is 1. The van der Waals surface area contributed by atoms with Crippen LogP contribution >= 0.6 is 11.8 Å². The van der Waals surface area contributed by atoms with Crippen molar-refractivity contribution in [2.24, 2.45) is 5.92 Å². The first kappa shape index (κ1) is 15.2. The molecule has 3 nitrogen and oxygen atoms in total. The van der Waals surface area contributed by atoms with Crippen LogP contribution in [0.4, 0.5) is 4.39 Å². The Hall–Kier alpha value is -1.36. The second kappa shape index (κ2) is 6.63. The fraction of sp³-hybridized carbons (Fsp3) is 0.556. The van der Waals surface area contributed by atoms with Crippen LogP contribution in [-0.2, 0) is 0 Å². The molecule has 2 aliphatic carbocycles. The molecule has 0 unspecified atom stereocenters. The lowest BCUT2D eigenvalue weighted by Crippen LogP contribution is -2.09. The molecule has 122 valence electrons. The first-order valence-corrected chi connectivity index (χ1v) is 9.64. The Bertz CT molecular complexity index is 675. The highest BCUT2D eigenvalue weighted by atomic mass is 32.2. The van der Waals surface area contributed by atoms with E-state index in [0.29, 0.717) is 17.4 Å². The van der Waals surface area contributed by atoms with Gasteiger partial charge >= 0.3 is 0 Å². The molecule has 2 saturated carbocycles. The van der Waals surface area contributed by atoms with E-state index in [1.807, 2.05) is 17.8 Å². The number of halogens is 1. The van der Waals surface area contributed by atoms with Gasteiger partial charge in [0.25, 0.3) is 0 Å². The van der Waals surface area contributed by atoms with Crippen LogP contribution in [0.25, 0.3) is 11.4 Å². The van der Waals surface area contributed by atoms with Crippen LogP contribution in [-0.4, -0.2) is 20.5 Å². The van der Waals surface area contributed by atoms with E-state index in [-0.39, 0.29) is 5.82 Å². The Morgan fingerprint density at radius 1 is 1.04 bits per heavy atom. The van der Waals surface area contributed by atoms with Crippen molar-refractivity contribution in [3.05, 3.63) is 30.1 Å². The van der Waals surface area contributed by atoms with Crippen molar-refractivity contribution < 1.29 is 4.39 Å². The molecular formula is C18H22FN3S. The molecule has 2 aliphatic rings. The second-order valence-corrected chi connectivity index (χ2v) is 7.69. The summed E-state index contributed by atoms with van der Waals surface area (Å²) in [5, 5.41) is 9.68. The van der Waals surface area contributed by atoms with E-state index in [2.05, 4.69) is 14.8 Å². The summed E-state index contributed by atoms with van der Waals surface area (Å²) in [6, 6.07) is 7.33. The van der Waals surface area contributed by atoms with Gasteiger partial charge in [0.1, 0.15) is 5.82 Å². The lowest BCUT2D eigenvalue weighted by atomic mass is 9.91. The fourth-order valence-electron chi connectivity index (χ4n) is 3.41. The van der Waals surface area contributed by atoms with Crippen molar-refractivity contribution in [1.82, 2.24) is 14.8 Å². The van der Waals surface area contributed by atoms with Crippen molar-refractivity contribution in [3.8, 4) is 11.4 Å². The van der Waals surface area contributed by atoms with Gasteiger partial charge in [0.15, 0.2) is 11.0 Å². The molecule has 1 aromatic heterocycles. The quantitative estimate of drug-likeness (QED) is 0.715. The number of nitrogens with zero attached hydrogens (tertiary/aromatic N) is 3. The highest BCUT2D eigenvalue weighted by Crippen LogP contribution is 2.42. The topological polar surface area (TPSA) is 30.7 Å². The highest BCUT2D eigenvalue weighted by molar-refractivity contribution is 7.99. The minimum Gasteiger partial charge on any atom is -0.299 e. The van der Waals surface area contributed by atoms with Crippen LogP contribution in [0.15, 0.2) is 29.4 Å². The molecule has 0 bridgehead atoms. The van der Waals surface area contributed by atoms with Gasteiger partial charge in [-0.2, -0.15) is 0 Å². The van der Waals surface area contributed by atoms with E-state index in [0.717, 1.165) is 29.7 Å². The fourth-order valence-corrected chi connectivity index (χ4v) is 4.60. The van der Waals surface area contributed by atoms with Gasteiger partial charge in [-0.3, -0.25) is 4.57 Å². The van der Waals surface area contributed by atoms with Gasteiger partial charge in [-0.05, 0) is 43.7 Å². The number of hydrogen-bond acceptors (Lipinski definition) is 3. The lowest BCUT2D eigenvalue weighted by Gasteiger charge is -2.20. The SMILES string of the molecule is Fc1ccccc1-c1nnc(SCC2CCCCC2)n1C1CC1. The summed E-state index contributed by atoms with van der Waals surface area (Å²) in [6.07, 6.45) is 9.08. The maximum atomic E-state index is 14.1. The summed E-state index contributed by atoms with van der Waals surface area (Å²) in [5.41, 5.74) is 0.566. The van der Waals surface area contributed by atoms with E-state index in [9.17, 15) is 4.39 Å². The predicted octanol–water partition coefficient (Wildman–Crippen LogP) is 5.09. The first-order valence-electron chi connectivity index (χ1n) is 8.65. The molecule has 2 aromatic rings. The van der Waals surface area contributed by atoms with Gasteiger partial charge in [-0.15, -0.1) is 10.2 Å². The molecular weight excluding hydrogens is 309 g/mol. The van der Waals surface area contributed by atoms with E-state index in [4.69, 9.17) is 0 Å². The van der Waals surface area contributed by atoms with Gasteiger partial charge in [-0.25, -0.2) is 4.39 Å². The molecule has 0 atom stereocenters. The Morgan fingerprint density at radius 2 is 1.83 bits per heavy atom. The Kier molecular flexibility index (Phi) is 4.38. The van der Waals surface area contributed by atoms with Gasteiger partial charge in [0.2, 0.25) is 0 Å². The molecule has 0 N–H and O–H groups in total. The summed E-state index contributed by atoms with van der Waals surface area (Å²) in [6.45, 7) is 0. The van der Waals surface area contributed by atoms with Crippen molar-refractivity contribution in [2.75, 3.05) is 5.75 Å².